The number of carbonyl (C=O) groups excluding carboxylic acids is 2. The van der Waals surface area contributed by atoms with Crippen LogP contribution in [-0.2, 0) is 4.79 Å². The fourth-order valence-corrected chi connectivity index (χ4v) is 1.86. The van der Waals surface area contributed by atoms with Crippen LogP contribution in [0.4, 0.5) is 8.78 Å². The molecule has 2 amide bonds. The van der Waals surface area contributed by atoms with E-state index in [0.717, 1.165) is 12.3 Å². The summed E-state index contributed by atoms with van der Waals surface area (Å²) < 4.78 is 25.3. The van der Waals surface area contributed by atoms with Gasteiger partial charge in [0.05, 0.1) is 0 Å². The molecule has 0 saturated carbocycles. The number of alkyl halides is 2. The van der Waals surface area contributed by atoms with E-state index in [-0.39, 0.29) is 5.69 Å². The zero-order chi connectivity index (χ0) is 16.1. The van der Waals surface area contributed by atoms with Crippen LogP contribution in [0.1, 0.15) is 28.6 Å². The maximum absolute atomic E-state index is 12.5. The Morgan fingerprint density at radius 2 is 1.86 bits per heavy atom. The van der Waals surface area contributed by atoms with Gasteiger partial charge < -0.3 is 10.6 Å². The largest absolute Gasteiger partial charge is 0.357 e. The Kier molecular flexibility index (Phi) is 4.82. The Morgan fingerprint density at radius 3 is 2.41 bits per heavy atom. The molecule has 116 valence electrons. The summed E-state index contributed by atoms with van der Waals surface area (Å²) in [4.78, 5) is 24.0. The number of benzene rings is 1. The summed E-state index contributed by atoms with van der Waals surface area (Å²) in [6.07, 6.45) is 0.997. The highest BCUT2D eigenvalue weighted by molar-refractivity contribution is 5.96. The van der Waals surface area contributed by atoms with Gasteiger partial charge in [-0.15, -0.1) is 0 Å². The summed E-state index contributed by atoms with van der Waals surface area (Å²) in [6, 6.07) is 8.81. The quantitative estimate of drug-likeness (QED) is 0.879. The third-order valence-corrected chi connectivity index (χ3v) is 2.96. The fourth-order valence-electron chi connectivity index (χ4n) is 1.86. The van der Waals surface area contributed by atoms with Crippen LogP contribution in [0.3, 0.4) is 0 Å². The van der Waals surface area contributed by atoms with Crippen LogP contribution in [0.25, 0.3) is 0 Å². The summed E-state index contributed by atoms with van der Waals surface area (Å²) in [5, 5.41) is 8.39. The van der Waals surface area contributed by atoms with Crippen molar-refractivity contribution in [3.63, 3.8) is 0 Å². The fraction of sp³-hybridized carbons (Fsp3) is 0.214. The predicted molar refractivity (Wildman–Crippen MR) is 74.2 cm³/mol. The summed E-state index contributed by atoms with van der Waals surface area (Å²) in [7, 11) is 1.44. The Bertz CT molecular complexity index is 658. The highest BCUT2D eigenvalue weighted by Gasteiger charge is 2.23. The van der Waals surface area contributed by atoms with Crippen molar-refractivity contribution in [1.29, 1.82) is 0 Å². The van der Waals surface area contributed by atoms with Gasteiger partial charge in [-0.2, -0.15) is 13.9 Å². The number of likely N-dealkylation sites (N-methyl/N-ethyl adjacent to an activating group) is 1. The molecule has 2 aromatic rings. The third-order valence-electron chi connectivity index (χ3n) is 2.96. The van der Waals surface area contributed by atoms with Gasteiger partial charge in [0.2, 0.25) is 5.91 Å². The number of halogens is 2. The van der Waals surface area contributed by atoms with Gasteiger partial charge in [0.1, 0.15) is 11.7 Å². The molecule has 0 bridgehead atoms. The van der Waals surface area contributed by atoms with Gasteiger partial charge in [-0.25, -0.2) is 4.68 Å². The van der Waals surface area contributed by atoms with Gasteiger partial charge >= 0.3 is 6.55 Å². The molecule has 0 aliphatic carbocycles. The van der Waals surface area contributed by atoms with Crippen LogP contribution in [0.15, 0.2) is 42.6 Å². The van der Waals surface area contributed by atoms with Crippen LogP contribution < -0.4 is 10.6 Å². The molecule has 6 nitrogen and oxygen atoms in total. The zero-order valence-electron chi connectivity index (χ0n) is 11.7. The van der Waals surface area contributed by atoms with Crippen molar-refractivity contribution in [3.05, 3.63) is 53.9 Å². The minimum atomic E-state index is -2.83. The lowest BCUT2D eigenvalue weighted by atomic mass is 10.1. The van der Waals surface area contributed by atoms with Gasteiger partial charge in [0, 0.05) is 13.2 Å². The number of hydrogen-bond donors (Lipinski definition) is 2. The Hall–Kier alpha value is -2.77. The molecule has 0 fully saturated rings. The second-order valence-corrected chi connectivity index (χ2v) is 4.39. The maximum Gasteiger partial charge on any atom is 0.333 e. The molecule has 1 atom stereocenters. The van der Waals surface area contributed by atoms with E-state index >= 15 is 0 Å². The van der Waals surface area contributed by atoms with E-state index in [4.69, 9.17) is 0 Å². The average molecular weight is 308 g/mol. The van der Waals surface area contributed by atoms with E-state index in [0.29, 0.717) is 10.2 Å². The molecule has 1 aromatic carbocycles. The van der Waals surface area contributed by atoms with E-state index in [1.54, 1.807) is 30.3 Å². The molecule has 0 spiro atoms. The molecule has 0 radical (unpaired) electrons. The van der Waals surface area contributed by atoms with Gasteiger partial charge in [0.25, 0.3) is 5.91 Å². The van der Waals surface area contributed by atoms with Crippen LogP contribution in [0.5, 0.6) is 0 Å². The Morgan fingerprint density at radius 1 is 1.18 bits per heavy atom. The number of aromatic nitrogens is 2. The lowest BCUT2D eigenvalue weighted by molar-refractivity contribution is -0.122. The SMILES string of the molecule is CNC(=O)[C@H](NC(=O)c1ccn(C(F)F)n1)c1ccccc1. The van der Waals surface area contributed by atoms with Crippen molar-refractivity contribution in [2.75, 3.05) is 7.05 Å². The zero-order valence-corrected chi connectivity index (χ0v) is 11.7. The monoisotopic (exact) mass is 308 g/mol. The number of amides is 2. The summed E-state index contributed by atoms with van der Waals surface area (Å²) >= 11 is 0. The summed E-state index contributed by atoms with van der Waals surface area (Å²) in [5.74, 6) is -1.13. The highest BCUT2D eigenvalue weighted by Crippen LogP contribution is 2.14. The van der Waals surface area contributed by atoms with Crippen LogP contribution in [-0.4, -0.2) is 28.6 Å². The first-order chi connectivity index (χ1) is 10.5. The number of nitrogens with zero attached hydrogens (tertiary/aromatic N) is 2. The minimum absolute atomic E-state index is 0.190. The van der Waals surface area contributed by atoms with Crippen molar-refractivity contribution in [3.8, 4) is 0 Å². The van der Waals surface area contributed by atoms with E-state index in [9.17, 15) is 18.4 Å². The molecule has 8 heteroatoms. The molecule has 0 aliphatic rings. The van der Waals surface area contributed by atoms with Crippen molar-refractivity contribution >= 4 is 11.8 Å². The van der Waals surface area contributed by atoms with Crippen molar-refractivity contribution in [1.82, 2.24) is 20.4 Å². The van der Waals surface area contributed by atoms with E-state index in [1.165, 1.54) is 7.05 Å². The summed E-state index contributed by atoms with van der Waals surface area (Å²) in [5.41, 5.74) is 0.383. The molecule has 0 aliphatic heterocycles. The molecule has 0 saturated heterocycles. The minimum Gasteiger partial charge on any atom is -0.357 e. The molecule has 1 heterocycles. The topological polar surface area (TPSA) is 76.0 Å². The molecule has 1 aromatic heterocycles. The second kappa shape index (κ2) is 6.79. The lowest BCUT2D eigenvalue weighted by Crippen LogP contribution is -2.39. The summed E-state index contributed by atoms with van der Waals surface area (Å²) in [6.45, 7) is -2.83. The molecule has 2 N–H and O–H groups in total. The van der Waals surface area contributed by atoms with E-state index < -0.39 is 24.4 Å². The Labute approximate surface area is 125 Å². The number of hydrogen-bond acceptors (Lipinski definition) is 3. The maximum atomic E-state index is 12.5. The first-order valence-corrected chi connectivity index (χ1v) is 6.43. The smallest absolute Gasteiger partial charge is 0.333 e. The van der Waals surface area contributed by atoms with Crippen LogP contribution in [0.2, 0.25) is 0 Å². The van der Waals surface area contributed by atoms with Crippen molar-refractivity contribution in [2.24, 2.45) is 0 Å². The van der Waals surface area contributed by atoms with Crippen molar-refractivity contribution in [2.45, 2.75) is 12.6 Å². The van der Waals surface area contributed by atoms with E-state index in [2.05, 4.69) is 15.7 Å². The van der Waals surface area contributed by atoms with Crippen LogP contribution in [0, 0.1) is 0 Å². The molecular formula is C14H14F2N4O2. The molecular weight excluding hydrogens is 294 g/mol. The second-order valence-electron chi connectivity index (χ2n) is 4.39. The van der Waals surface area contributed by atoms with E-state index in [1.807, 2.05) is 0 Å². The highest BCUT2D eigenvalue weighted by atomic mass is 19.3. The molecule has 0 unspecified atom stereocenters. The first kappa shape index (κ1) is 15.6. The molecule has 22 heavy (non-hydrogen) atoms. The third kappa shape index (κ3) is 3.46. The number of rotatable bonds is 5. The van der Waals surface area contributed by atoms with Gasteiger partial charge in [-0.05, 0) is 11.6 Å². The van der Waals surface area contributed by atoms with Crippen LogP contribution >= 0.6 is 0 Å². The first-order valence-electron chi connectivity index (χ1n) is 6.43. The van der Waals surface area contributed by atoms with Gasteiger partial charge in [-0.3, -0.25) is 9.59 Å². The number of nitrogens with one attached hydrogen (secondary N) is 2. The number of carbonyl (C=O) groups is 2. The standard InChI is InChI=1S/C14H14F2N4O2/c1-17-13(22)11(9-5-3-2-4-6-9)18-12(21)10-7-8-20(19-10)14(15)16/h2-8,11,14H,1H3,(H,17,22)(H,18,21)/t11-/m1/s1. The van der Waals surface area contributed by atoms with Gasteiger partial charge in [-0.1, -0.05) is 30.3 Å². The normalized spacial score (nSPS) is 12.0. The molecule has 2 rings (SSSR count). The van der Waals surface area contributed by atoms with Gasteiger partial charge in [0.15, 0.2) is 0 Å². The lowest BCUT2D eigenvalue weighted by Gasteiger charge is -2.17. The van der Waals surface area contributed by atoms with Crippen molar-refractivity contribution < 1.29 is 18.4 Å². The predicted octanol–water partition coefficient (Wildman–Crippen LogP) is 1.50. The Balaban J connectivity index is 2.19. The average Bonchev–Trinajstić information content (AvgIpc) is 3.03.